The summed E-state index contributed by atoms with van der Waals surface area (Å²) in [5.41, 5.74) is 0.402. The molecule has 156 valence electrons. The molecule has 0 aromatic carbocycles. The second-order valence-electron chi connectivity index (χ2n) is 8.94. The van der Waals surface area contributed by atoms with Crippen molar-refractivity contribution in [2.24, 2.45) is 24.8 Å². The smallest absolute Gasteiger partial charge is 0.274 e. The molecule has 4 fully saturated rings. The average Bonchev–Trinajstić information content (AvgIpc) is 3.28. The number of nitrogens with zero attached hydrogens (tertiary/aromatic N) is 3. The molecule has 8 nitrogen and oxygen atoms in total. The number of hydrogen-bond acceptors (Lipinski definition) is 6. The molecule has 0 saturated heterocycles. The number of nitrogens with one attached hydrogen (secondary N) is 2. The van der Waals surface area contributed by atoms with Crippen molar-refractivity contribution in [1.82, 2.24) is 19.5 Å². The summed E-state index contributed by atoms with van der Waals surface area (Å²) >= 11 is 1.47. The van der Waals surface area contributed by atoms with Crippen LogP contribution in [0.2, 0.25) is 0 Å². The van der Waals surface area contributed by atoms with Gasteiger partial charge in [0, 0.05) is 18.7 Å². The van der Waals surface area contributed by atoms with Gasteiger partial charge in [-0.3, -0.25) is 10.1 Å². The van der Waals surface area contributed by atoms with Gasteiger partial charge in [-0.2, -0.15) is 0 Å². The first-order valence-electron chi connectivity index (χ1n) is 10.0. The third-order valence-electron chi connectivity index (χ3n) is 6.93. The minimum Gasteiger partial charge on any atom is -0.345 e. The normalized spacial score (nSPS) is 30.6. The second-order valence-corrected chi connectivity index (χ2v) is 11.8. The molecule has 0 unspecified atom stereocenters. The molecule has 29 heavy (non-hydrogen) atoms. The van der Waals surface area contributed by atoms with E-state index in [2.05, 4.69) is 20.2 Å². The molecule has 10 heteroatoms. The molecule has 4 aliphatic rings. The van der Waals surface area contributed by atoms with Crippen LogP contribution in [0.25, 0.3) is 0 Å². The van der Waals surface area contributed by atoms with Crippen molar-refractivity contribution in [2.75, 3.05) is 12.4 Å². The van der Waals surface area contributed by atoms with E-state index in [0.29, 0.717) is 5.13 Å². The molecule has 0 spiro atoms. The summed E-state index contributed by atoms with van der Waals surface area (Å²) in [6.07, 6.45) is 9.12. The number of carbonyl (C=O) groups is 1. The Morgan fingerprint density at radius 3 is 2.38 bits per heavy atom. The number of sulfonamides is 1. The van der Waals surface area contributed by atoms with E-state index >= 15 is 0 Å². The number of hydrogen-bond donors (Lipinski definition) is 2. The van der Waals surface area contributed by atoms with Crippen LogP contribution in [-0.4, -0.2) is 36.1 Å². The van der Waals surface area contributed by atoms with Crippen molar-refractivity contribution in [3.8, 4) is 0 Å². The Morgan fingerprint density at radius 2 is 1.79 bits per heavy atom. The highest BCUT2D eigenvalue weighted by atomic mass is 32.2. The van der Waals surface area contributed by atoms with Crippen molar-refractivity contribution in [3.05, 3.63) is 23.0 Å². The van der Waals surface area contributed by atoms with Gasteiger partial charge in [0.25, 0.3) is 5.91 Å². The summed E-state index contributed by atoms with van der Waals surface area (Å²) in [4.78, 5) is 12.8. The monoisotopic (exact) mass is 435 g/mol. The zero-order valence-corrected chi connectivity index (χ0v) is 18.1. The molecule has 0 atom stereocenters. The summed E-state index contributed by atoms with van der Waals surface area (Å²) in [5, 5.41) is 13.0. The summed E-state index contributed by atoms with van der Waals surface area (Å²) in [7, 11) is -0.618. The maximum atomic E-state index is 12.7. The number of aromatic nitrogens is 3. The highest BCUT2D eigenvalue weighted by Crippen LogP contribution is 2.61. The van der Waals surface area contributed by atoms with Crippen molar-refractivity contribution in [2.45, 2.75) is 48.8 Å². The molecule has 4 aliphatic carbocycles. The Morgan fingerprint density at radius 1 is 1.17 bits per heavy atom. The Balaban J connectivity index is 1.35. The van der Waals surface area contributed by atoms with Gasteiger partial charge in [0.1, 0.15) is 15.6 Å². The van der Waals surface area contributed by atoms with Crippen LogP contribution >= 0.6 is 11.3 Å². The molecular weight excluding hydrogens is 410 g/mol. The molecule has 0 radical (unpaired) electrons. The Hall–Kier alpha value is -1.78. The first-order valence-corrected chi connectivity index (χ1v) is 12.3. The maximum absolute atomic E-state index is 12.7. The third-order valence-corrected chi connectivity index (χ3v) is 9.40. The molecule has 6 rings (SSSR count). The fourth-order valence-corrected chi connectivity index (χ4v) is 7.80. The van der Waals surface area contributed by atoms with E-state index in [1.165, 1.54) is 73.7 Å². The fraction of sp³-hybridized carbons (Fsp3) is 0.632. The quantitative estimate of drug-likeness (QED) is 0.751. The largest absolute Gasteiger partial charge is 0.345 e. The molecule has 4 saturated carbocycles. The average molecular weight is 436 g/mol. The molecule has 0 aliphatic heterocycles. The summed E-state index contributed by atoms with van der Waals surface area (Å²) in [6.45, 7) is 0. The van der Waals surface area contributed by atoms with Crippen LogP contribution in [0.5, 0.6) is 0 Å². The Bertz CT molecular complexity index is 1040. The molecular formula is C19H25N5O3S2. The van der Waals surface area contributed by atoms with Crippen molar-refractivity contribution in [1.29, 1.82) is 0 Å². The van der Waals surface area contributed by atoms with Crippen LogP contribution in [0.3, 0.4) is 0 Å². The van der Waals surface area contributed by atoms with E-state index in [0.717, 1.165) is 22.8 Å². The van der Waals surface area contributed by atoms with Gasteiger partial charge < -0.3 is 4.57 Å². The number of anilines is 1. The molecule has 2 aromatic heterocycles. The SMILES string of the molecule is CNS(=O)(=O)c1cc(C(=O)Nc2nnc(C34CC5CC(CC(C5)C3)C4)s2)n(C)c1. The number of carbonyl (C=O) groups excluding carboxylic acids is 1. The number of rotatable bonds is 5. The van der Waals surface area contributed by atoms with Crippen LogP contribution in [-0.2, 0) is 22.5 Å². The van der Waals surface area contributed by atoms with Gasteiger partial charge in [-0.25, -0.2) is 13.1 Å². The molecule has 2 N–H and O–H groups in total. The lowest BCUT2D eigenvalue weighted by Gasteiger charge is -2.55. The van der Waals surface area contributed by atoms with E-state index in [1.807, 2.05) is 0 Å². The molecule has 4 bridgehead atoms. The van der Waals surface area contributed by atoms with Crippen molar-refractivity contribution < 1.29 is 13.2 Å². The minimum absolute atomic E-state index is 0.0548. The van der Waals surface area contributed by atoms with Crippen LogP contribution in [0, 0.1) is 17.8 Å². The van der Waals surface area contributed by atoms with Gasteiger partial charge in [-0.15, -0.1) is 10.2 Å². The third kappa shape index (κ3) is 3.21. The van der Waals surface area contributed by atoms with Crippen molar-refractivity contribution in [3.63, 3.8) is 0 Å². The summed E-state index contributed by atoms with van der Waals surface area (Å²) in [5.74, 6) is 2.07. The Kier molecular flexibility index (Phi) is 4.38. The maximum Gasteiger partial charge on any atom is 0.274 e. The van der Waals surface area contributed by atoms with Gasteiger partial charge in [0.05, 0.1) is 0 Å². The highest BCUT2D eigenvalue weighted by Gasteiger charge is 2.53. The van der Waals surface area contributed by atoms with Crippen LogP contribution in [0.1, 0.15) is 54.0 Å². The van der Waals surface area contributed by atoms with Crippen LogP contribution < -0.4 is 10.0 Å². The lowest BCUT2D eigenvalue weighted by atomic mass is 9.50. The number of aryl methyl sites for hydroxylation is 1. The summed E-state index contributed by atoms with van der Waals surface area (Å²) in [6, 6.07) is 1.36. The second kappa shape index (κ2) is 6.61. The molecule has 2 heterocycles. The first-order chi connectivity index (χ1) is 13.8. The highest BCUT2D eigenvalue weighted by molar-refractivity contribution is 7.89. The predicted octanol–water partition coefficient (Wildman–Crippen LogP) is 2.50. The zero-order valence-electron chi connectivity index (χ0n) is 16.5. The predicted molar refractivity (Wildman–Crippen MR) is 109 cm³/mol. The Labute approximate surface area is 174 Å². The van der Waals surface area contributed by atoms with E-state index in [4.69, 9.17) is 0 Å². The molecule has 1 amide bonds. The van der Waals surface area contributed by atoms with E-state index < -0.39 is 15.9 Å². The van der Waals surface area contributed by atoms with E-state index in [-0.39, 0.29) is 16.0 Å². The van der Waals surface area contributed by atoms with Crippen molar-refractivity contribution >= 4 is 32.4 Å². The van der Waals surface area contributed by atoms with Crippen LogP contribution in [0.15, 0.2) is 17.2 Å². The summed E-state index contributed by atoms with van der Waals surface area (Å²) < 4.78 is 27.7. The fourth-order valence-electron chi connectivity index (χ4n) is 6.05. The number of amides is 1. The lowest BCUT2D eigenvalue weighted by Crippen LogP contribution is -2.48. The van der Waals surface area contributed by atoms with Crippen LogP contribution in [0.4, 0.5) is 5.13 Å². The van der Waals surface area contributed by atoms with Gasteiger partial charge in [0.2, 0.25) is 15.2 Å². The van der Waals surface area contributed by atoms with E-state index in [9.17, 15) is 13.2 Å². The molecule has 2 aromatic rings. The standard InChI is InChI=1S/C19H25N5O3S2/c1-20-29(26,27)14-6-15(24(2)10-14)16(25)21-18-23-22-17(28-18)19-7-11-3-12(8-19)5-13(4-11)9-19/h6,10-13,20H,3-5,7-9H2,1-2H3,(H,21,23,25). The first kappa shape index (κ1) is 19.2. The van der Waals surface area contributed by atoms with Gasteiger partial charge in [0.15, 0.2) is 0 Å². The van der Waals surface area contributed by atoms with Gasteiger partial charge in [-0.05, 0) is 69.4 Å². The zero-order chi connectivity index (χ0) is 20.4. The van der Waals surface area contributed by atoms with Gasteiger partial charge in [-0.1, -0.05) is 11.3 Å². The minimum atomic E-state index is -3.60. The topological polar surface area (TPSA) is 106 Å². The van der Waals surface area contributed by atoms with Gasteiger partial charge >= 0.3 is 0 Å². The lowest BCUT2D eigenvalue weighted by molar-refractivity contribution is -0.00555. The van der Waals surface area contributed by atoms with E-state index in [1.54, 1.807) is 7.05 Å².